The fourth-order valence-electron chi connectivity index (χ4n) is 1.48. The highest BCUT2D eigenvalue weighted by Crippen LogP contribution is 2.20. The van der Waals surface area contributed by atoms with Crippen LogP contribution in [0.25, 0.3) is 0 Å². The Bertz CT molecular complexity index is 305. The molecule has 0 bridgehead atoms. The van der Waals surface area contributed by atoms with Crippen molar-refractivity contribution in [3.63, 3.8) is 0 Å². The highest BCUT2D eigenvalue weighted by atomic mass is 19.4. The molecule has 0 aromatic carbocycles. The Morgan fingerprint density at radius 3 is 2.65 bits per heavy atom. The molecule has 0 N–H and O–H groups in total. The predicted octanol–water partition coefficient (Wildman–Crippen LogP) is 0.339. The Kier molecular flexibility index (Phi) is 4.33. The van der Waals surface area contributed by atoms with Gasteiger partial charge >= 0.3 is 18.1 Å². The summed E-state index contributed by atoms with van der Waals surface area (Å²) >= 11 is 0. The molecule has 17 heavy (non-hydrogen) atoms. The van der Waals surface area contributed by atoms with E-state index in [1.165, 1.54) is 7.11 Å². The smallest absolute Gasteiger partial charge is 0.469 e. The van der Waals surface area contributed by atoms with E-state index in [-0.39, 0.29) is 26.1 Å². The van der Waals surface area contributed by atoms with Crippen LogP contribution in [0.1, 0.15) is 6.42 Å². The van der Waals surface area contributed by atoms with Gasteiger partial charge in [0.15, 0.2) is 0 Å². The number of morpholine rings is 1. The van der Waals surface area contributed by atoms with Crippen LogP contribution in [-0.4, -0.2) is 55.9 Å². The maximum atomic E-state index is 12.2. The van der Waals surface area contributed by atoms with Gasteiger partial charge in [0.25, 0.3) is 0 Å². The minimum Gasteiger partial charge on any atom is -0.469 e. The van der Waals surface area contributed by atoms with Crippen molar-refractivity contribution in [2.75, 3.05) is 26.8 Å². The molecule has 0 aromatic rings. The summed E-state index contributed by atoms with van der Waals surface area (Å²) in [4.78, 5) is 22.5. The summed E-state index contributed by atoms with van der Waals surface area (Å²) in [5, 5.41) is 0. The average Bonchev–Trinajstić information content (AvgIpc) is 2.27. The second-order valence-corrected chi connectivity index (χ2v) is 3.52. The highest BCUT2D eigenvalue weighted by molar-refractivity contribution is 5.82. The van der Waals surface area contributed by atoms with Gasteiger partial charge in [-0.2, -0.15) is 13.2 Å². The van der Waals surface area contributed by atoms with Gasteiger partial charge in [0.2, 0.25) is 0 Å². The number of hydrogen-bond acceptors (Lipinski definition) is 4. The minimum absolute atomic E-state index is 0.0243. The molecule has 1 unspecified atom stereocenters. The Morgan fingerprint density at radius 1 is 1.47 bits per heavy atom. The van der Waals surface area contributed by atoms with Gasteiger partial charge in [0.05, 0.1) is 26.2 Å². The lowest BCUT2D eigenvalue weighted by Crippen LogP contribution is -2.50. The topological polar surface area (TPSA) is 55.8 Å². The molecule has 0 radical (unpaired) electrons. The third-order valence-electron chi connectivity index (χ3n) is 2.29. The number of ether oxygens (including phenoxy) is 2. The Hall–Kier alpha value is -1.31. The number of nitrogens with zero attached hydrogens (tertiary/aromatic N) is 1. The number of carbonyl (C=O) groups is 2. The largest absolute Gasteiger partial charge is 0.471 e. The summed E-state index contributed by atoms with van der Waals surface area (Å²) in [6, 6.07) is 0. The van der Waals surface area contributed by atoms with E-state index in [0.29, 0.717) is 4.90 Å². The molecule has 1 heterocycles. The first-order valence-corrected chi connectivity index (χ1v) is 4.89. The van der Waals surface area contributed by atoms with E-state index in [9.17, 15) is 22.8 Å². The summed E-state index contributed by atoms with van der Waals surface area (Å²) in [5.74, 6) is -2.49. The van der Waals surface area contributed by atoms with Crippen molar-refractivity contribution < 1.29 is 32.2 Å². The molecule has 5 nitrogen and oxygen atoms in total. The van der Waals surface area contributed by atoms with Crippen molar-refractivity contribution >= 4 is 11.9 Å². The fourth-order valence-corrected chi connectivity index (χ4v) is 1.48. The number of amides is 1. The molecule has 1 saturated heterocycles. The zero-order valence-corrected chi connectivity index (χ0v) is 9.12. The van der Waals surface area contributed by atoms with Crippen molar-refractivity contribution in [2.24, 2.45) is 0 Å². The second-order valence-electron chi connectivity index (χ2n) is 3.52. The predicted molar refractivity (Wildman–Crippen MR) is 49.0 cm³/mol. The Balaban J connectivity index is 2.55. The van der Waals surface area contributed by atoms with E-state index in [0.717, 1.165) is 0 Å². The van der Waals surface area contributed by atoms with Crippen LogP contribution < -0.4 is 0 Å². The third kappa shape index (κ3) is 3.88. The quantitative estimate of drug-likeness (QED) is 0.668. The number of esters is 1. The molecule has 0 saturated carbocycles. The van der Waals surface area contributed by atoms with E-state index in [1.54, 1.807) is 0 Å². The van der Waals surface area contributed by atoms with Crippen molar-refractivity contribution in [3.8, 4) is 0 Å². The van der Waals surface area contributed by atoms with Crippen LogP contribution in [-0.2, 0) is 19.1 Å². The summed E-state index contributed by atoms with van der Waals surface area (Å²) in [5.41, 5.74) is 0. The monoisotopic (exact) mass is 255 g/mol. The van der Waals surface area contributed by atoms with Crippen LogP contribution in [0.2, 0.25) is 0 Å². The van der Waals surface area contributed by atoms with Gasteiger partial charge in [-0.3, -0.25) is 9.59 Å². The van der Waals surface area contributed by atoms with Gasteiger partial charge in [-0.1, -0.05) is 0 Å². The molecule has 1 rings (SSSR count). The van der Waals surface area contributed by atoms with Crippen molar-refractivity contribution in [1.82, 2.24) is 4.90 Å². The van der Waals surface area contributed by atoms with Gasteiger partial charge in [0.1, 0.15) is 0 Å². The number of halogens is 3. The van der Waals surface area contributed by atoms with E-state index < -0.39 is 24.2 Å². The molecule has 0 spiro atoms. The summed E-state index contributed by atoms with van der Waals surface area (Å²) in [7, 11) is 1.17. The highest BCUT2D eigenvalue weighted by Gasteiger charge is 2.44. The number of methoxy groups -OCH3 is 1. The first-order valence-electron chi connectivity index (χ1n) is 4.89. The first-order chi connectivity index (χ1) is 7.84. The standard InChI is InChI=1S/C9H12F3NO4/c1-16-7(14)4-6-5-13(2-3-17-6)8(15)9(10,11)12/h6H,2-5H2,1H3. The average molecular weight is 255 g/mol. The van der Waals surface area contributed by atoms with E-state index in [2.05, 4.69) is 4.74 Å². The lowest BCUT2D eigenvalue weighted by Gasteiger charge is -2.32. The molecule has 1 aliphatic heterocycles. The zero-order chi connectivity index (χ0) is 13.1. The molecule has 8 heteroatoms. The zero-order valence-electron chi connectivity index (χ0n) is 9.12. The SMILES string of the molecule is COC(=O)CC1CN(C(=O)C(F)(F)F)CCO1. The second kappa shape index (κ2) is 5.35. The van der Waals surface area contributed by atoms with Gasteiger partial charge in [-0.15, -0.1) is 0 Å². The first kappa shape index (κ1) is 13.8. The van der Waals surface area contributed by atoms with Gasteiger partial charge < -0.3 is 14.4 Å². The molecule has 1 fully saturated rings. The number of hydrogen-bond donors (Lipinski definition) is 0. The molecule has 1 atom stereocenters. The maximum absolute atomic E-state index is 12.2. The van der Waals surface area contributed by atoms with Crippen LogP contribution in [0, 0.1) is 0 Å². The summed E-state index contributed by atoms with van der Waals surface area (Å²) in [6.07, 6.45) is -5.81. The van der Waals surface area contributed by atoms with Crippen molar-refractivity contribution in [3.05, 3.63) is 0 Å². The minimum atomic E-state index is -4.90. The van der Waals surface area contributed by atoms with Crippen LogP contribution in [0.4, 0.5) is 13.2 Å². The van der Waals surface area contributed by atoms with Crippen LogP contribution >= 0.6 is 0 Å². The molecule has 1 aliphatic rings. The van der Waals surface area contributed by atoms with Crippen LogP contribution in [0.5, 0.6) is 0 Å². The summed E-state index contributed by atoms with van der Waals surface area (Å²) < 4.78 is 46.0. The molecule has 0 aliphatic carbocycles. The molecule has 1 amide bonds. The van der Waals surface area contributed by atoms with E-state index in [1.807, 2.05) is 0 Å². The third-order valence-corrected chi connectivity index (χ3v) is 2.29. The normalized spacial score (nSPS) is 21.2. The number of carbonyl (C=O) groups excluding carboxylic acids is 2. The summed E-state index contributed by atoms with van der Waals surface area (Å²) in [6.45, 7) is -0.410. The Morgan fingerprint density at radius 2 is 2.12 bits per heavy atom. The van der Waals surface area contributed by atoms with Gasteiger partial charge in [0, 0.05) is 13.1 Å². The molecular formula is C9H12F3NO4. The Labute approximate surface area is 95.5 Å². The molecular weight excluding hydrogens is 243 g/mol. The lowest BCUT2D eigenvalue weighted by atomic mass is 10.2. The number of alkyl halides is 3. The maximum Gasteiger partial charge on any atom is 0.471 e. The lowest BCUT2D eigenvalue weighted by molar-refractivity contribution is -0.191. The van der Waals surface area contributed by atoms with E-state index >= 15 is 0 Å². The van der Waals surface area contributed by atoms with Gasteiger partial charge in [-0.05, 0) is 0 Å². The van der Waals surface area contributed by atoms with Crippen LogP contribution in [0.15, 0.2) is 0 Å². The molecule has 98 valence electrons. The van der Waals surface area contributed by atoms with Gasteiger partial charge in [-0.25, -0.2) is 0 Å². The van der Waals surface area contributed by atoms with E-state index in [4.69, 9.17) is 4.74 Å². The molecule has 0 aromatic heterocycles. The van der Waals surface area contributed by atoms with Crippen molar-refractivity contribution in [2.45, 2.75) is 18.7 Å². The fraction of sp³-hybridized carbons (Fsp3) is 0.778. The van der Waals surface area contributed by atoms with Crippen molar-refractivity contribution in [1.29, 1.82) is 0 Å². The van der Waals surface area contributed by atoms with Crippen LogP contribution in [0.3, 0.4) is 0 Å². The number of rotatable bonds is 2.